The summed E-state index contributed by atoms with van der Waals surface area (Å²) >= 11 is 0. The van der Waals surface area contributed by atoms with Crippen LogP contribution in [0.3, 0.4) is 0 Å². The number of amides is 1. The van der Waals surface area contributed by atoms with Crippen molar-refractivity contribution in [3.63, 3.8) is 0 Å². The number of sulfonamides is 1. The van der Waals surface area contributed by atoms with Gasteiger partial charge in [0.2, 0.25) is 10.0 Å². The summed E-state index contributed by atoms with van der Waals surface area (Å²) in [7, 11) is -3.72. The highest BCUT2D eigenvalue weighted by Crippen LogP contribution is 2.22. The third kappa shape index (κ3) is 3.73. The number of aryl methyl sites for hydroxylation is 2. The van der Waals surface area contributed by atoms with Crippen LogP contribution in [-0.4, -0.2) is 48.6 Å². The molecule has 2 aromatic rings. The second kappa shape index (κ2) is 7.08. The van der Waals surface area contributed by atoms with Crippen LogP contribution in [-0.2, 0) is 10.0 Å². The molecule has 140 valence electrons. The molecular weight excluding hydrogens is 358 g/mol. The van der Waals surface area contributed by atoms with Crippen molar-refractivity contribution in [2.75, 3.05) is 13.1 Å². The van der Waals surface area contributed by atoms with E-state index in [-0.39, 0.29) is 28.4 Å². The molecule has 1 aliphatic heterocycles. The minimum absolute atomic E-state index is 0.0398. The average molecular weight is 379 g/mol. The molecule has 1 fully saturated rings. The van der Waals surface area contributed by atoms with Crippen LogP contribution in [0.2, 0.25) is 0 Å². The van der Waals surface area contributed by atoms with Gasteiger partial charge >= 0.3 is 0 Å². The predicted octanol–water partition coefficient (Wildman–Crippen LogP) is 1.58. The summed E-state index contributed by atoms with van der Waals surface area (Å²) in [4.78, 5) is 14.2. The quantitative estimate of drug-likeness (QED) is 0.834. The molecule has 2 N–H and O–H groups in total. The Balaban J connectivity index is 1.63. The van der Waals surface area contributed by atoms with Gasteiger partial charge in [-0.05, 0) is 44.9 Å². The summed E-state index contributed by atoms with van der Waals surface area (Å²) in [5.74, 6) is 0.123. The minimum atomic E-state index is -3.72. The molecule has 1 aliphatic rings. The Hall–Kier alpha value is -2.39. The molecule has 0 atom stereocenters. The standard InChI is InChI=1S/C17H21N3O5S/c1-11-16(12(2)25-18-11)26(23,24)19-14-6-8-20(9-7-14)17(22)13-4-3-5-15(21)10-13/h3-5,10,14,19,21H,6-9H2,1-2H3. The molecule has 1 aromatic heterocycles. The van der Waals surface area contributed by atoms with Gasteiger partial charge in [0, 0.05) is 24.7 Å². The number of benzene rings is 1. The smallest absolute Gasteiger partial charge is 0.253 e. The van der Waals surface area contributed by atoms with E-state index in [1.54, 1.807) is 30.9 Å². The number of aromatic hydroxyl groups is 1. The third-order valence-corrected chi connectivity index (χ3v) is 6.20. The normalized spacial score (nSPS) is 16.0. The monoisotopic (exact) mass is 379 g/mol. The Morgan fingerprint density at radius 2 is 2.00 bits per heavy atom. The zero-order valence-electron chi connectivity index (χ0n) is 14.6. The number of hydrogen-bond donors (Lipinski definition) is 2. The maximum atomic E-state index is 12.6. The van der Waals surface area contributed by atoms with E-state index in [0.29, 0.717) is 37.2 Å². The molecule has 0 radical (unpaired) electrons. The van der Waals surface area contributed by atoms with Gasteiger partial charge in [0.15, 0.2) is 5.76 Å². The first-order chi connectivity index (χ1) is 12.3. The number of carbonyl (C=O) groups is 1. The second-order valence-electron chi connectivity index (χ2n) is 6.39. The van der Waals surface area contributed by atoms with Gasteiger partial charge in [-0.3, -0.25) is 4.79 Å². The van der Waals surface area contributed by atoms with Gasteiger partial charge in [-0.25, -0.2) is 13.1 Å². The first-order valence-corrected chi connectivity index (χ1v) is 9.80. The number of phenolic OH excluding ortho intramolecular Hbond substituents is 1. The van der Waals surface area contributed by atoms with Crippen LogP contribution in [0.5, 0.6) is 5.75 Å². The van der Waals surface area contributed by atoms with Gasteiger partial charge in [-0.15, -0.1) is 0 Å². The number of phenols is 1. The number of carbonyl (C=O) groups excluding carboxylic acids is 1. The summed E-state index contributed by atoms with van der Waals surface area (Å²) in [6, 6.07) is 5.93. The van der Waals surface area contributed by atoms with Crippen LogP contribution < -0.4 is 4.72 Å². The molecule has 1 saturated heterocycles. The predicted molar refractivity (Wildman–Crippen MR) is 93.3 cm³/mol. The minimum Gasteiger partial charge on any atom is -0.508 e. The molecular formula is C17H21N3O5S. The molecule has 8 nitrogen and oxygen atoms in total. The first-order valence-electron chi connectivity index (χ1n) is 8.31. The van der Waals surface area contributed by atoms with E-state index in [1.165, 1.54) is 12.1 Å². The molecule has 0 bridgehead atoms. The molecule has 0 saturated carbocycles. The maximum Gasteiger partial charge on any atom is 0.253 e. The van der Waals surface area contributed by atoms with Crippen LogP contribution >= 0.6 is 0 Å². The average Bonchev–Trinajstić information content (AvgIpc) is 2.94. The van der Waals surface area contributed by atoms with Crippen molar-refractivity contribution in [1.29, 1.82) is 0 Å². The van der Waals surface area contributed by atoms with Crippen LogP contribution in [0.15, 0.2) is 33.7 Å². The van der Waals surface area contributed by atoms with Crippen molar-refractivity contribution in [2.24, 2.45) is 0 Å². The molecule has 2 heterocycles. The molecule has 0 unspecified atom stereocenters. The molecule has 26 heavy (non-hydrogen) atoms. The van der Waals surface area contributed by atoms with E-state index in [1.807, 2.05) is 0 Å². The van der Waals surface area contributed by atoms with Gasteiger partial charge in [0.05, 0.1) is 0 Å². The lowest BCUT2D eigenvalue weighted by molar-refractivity contribution is 0.0711. The van der Waals surface area contributed by atoms with Crippen molar-refractivity contribution in [3.8, 4) is 5.75 Å². The Bertz CT molecular complexity index is 895. The summed E-state index contributed by atoms with van der Waals surface area (Å²) < 4.78 is 32.7. The van der Waals surface area contributed by atoms with Crippen molar-refractivity contribution in [2.45, 2.75) is 37.6 Å². The number of aromatic nitrogens is 1. The second-order valence-corrected chi connectivity index (χ2v) is 8.04. The summed E-state index contributed by atoms with van der Waals surface area (Å²) in [6.07, 6.45) is 1.01. The lowest BCUT2D eigenvalue weighted by Gasteiger charge is -2.32. The Morgan fingerprint density at radius 1 is 1.31 bits per heavy atom. The Labute approximate surface area is 151 Å². The lowest BCUT2D eigenvalue weighted by atomic mass is 10.0. The van der Waals surface area contributed by atoms with E-state index >= 15 is 0 Å². The number of rotatable bonds is 4. The summed E-state index contributed by atoms with van der Waals surface area (Å²) in [6.45, 7) is 4.01. The van der Waals surface area contributed by atoms with Crippen molar-refractivity contribution < 1.29 is 22.8 Å². The molecule has 0 spiro atoms. The molecule has 0 aliphatic carbocycles. The fraction of sp³-hybridized carbons (Fsp3) is 0.412. The van der Waals surface area contributed by atoms with Gasteiger partial charge in [0.1, 0.15) is 16.3 Å². The fourth-order valence-electron chi connectivity index (χ4n) is 3.16. The van der Waals surface area contributed by atoms with Gasteiger partial charge in [-0.1, -0.05) is 11.2 Å². The highest BCUT2D eigenvalue weighted by molar-refractivity contribution is 7.89. The molecule has 1 aromatic carbocycles. The van der Waals surface area contributed by atoms with Crippen LogP contribution in [0.1, 0.15) is 34.7 Å². The molecule has 3 rings (SSSR count). The zero-order valence-corrected chi connectivity index (χ0v) is 15.4. The largest absolute Gasteiger partial charge is 0.508 e. The lowest BCUT2D eigenvalue weighted by Crippen LogP contribution is -2.46. The van der Waals surface area contributed by atoms with Crippen molar-refractivity contribution >= 4 is 15.9 Å². The van der Waals surface area contributed by atoms with Crippen molar-refractivity contribution in [3.05, 3.63) is 41.3 Å². The summed E-state index contributed by atoms with van der Waals surface area (Å²) in [5.41, 5.74) is 0.742. The SMILES string of the molecule is Cc1noc(C)c1S(=O)(=O)NC1CCN(C(=O)c2cccc(O)c2)CC1. The first kappa shape index (κ1) is 18.4. The van der Waals surface area contributed by atoms with Gasteiger partial charge in [-0.2, -0.15) is 0 Å². The Kier molecular flexibility index (Phi) is 5.01. The molecule has 1 amide bonds. The Morgan fingerprint density at radius 3 is 2.58 bits per heavy atom. The topological polar surface area (TPSA) is 113 Å². The van der Waals surface area contributed by atoms with E-state index < -0.39 is 10.0 Å². The van der Waals surface area contributed by atoms with Gasteiger partial charge < -0.3 is 14.5 Å². The molecule has 9 heteroatoms. The fourth-order valence-corrected chi connectivity index (χ4v) is 4.79. The van der Waals surface area contributed by atoms with E-state index in [2.05, 4.69) is 9.88 Å². The number of nitrogens with zero attached hydrogens (tertiary/aromatic N) is 2. The highest BCUT2D eigenvalue weighted by Gasteiger charge is 2.30. The number of likely N-dealkylation sites (tertiary alicyclic amines) is 1. The van der Waals surface area contributed by atoms with Crippen LogP contribution in [0.4, 0.5) is 0 Å². The highest BCUT2D eigenvalue weighted by atomic mass is 32.2. The van der Waals surface area contributed by atoms with E-state index in [4.69, 9.17) is 4.52 Å². The third-order valence-electron chi connectivity index (χ3n) is 4.43. The zero-order chi connectivity index (χ0) is 18.9. The van der Waals surface area contributed by atoms with E-state index in [9.17, 15) is 18.3 Å². The van der Waals surface area contributed by atoms with Crippen molar-refractivity contribution in [1.82, 2.24) is 14.8 Å². The number of nitrogens with one attached hydrogen (secondary N) is 1. The van der Waals surface area contributed by atoms with Crippen LogP contribution in [0.25, 0.3) is 0 Å². The number of piperidine rings is 1. The summed E-state index contributed by atoms with van der Waals surface area (Å²) in [5, 5.41) is 13.2. The van der Waals surface area contributed by atoms with Crippen LogP contribution in [0, 0.1) is 13.8 Å². The van der Waals surface area contributed by atoms with E-state index in [0.717, 1.165) is 0 Å². The maximum absolute atomic E-state index is 12.6. The number of hydrogen-bond acceptors (Lipinski definition) is 6. The van der Waals surface area contributed by atoms with Gasteiger partial charge in [0.25, 0.3) is 5.91 Å².